The number of imidazole rings is 1. The van der Waals surface area contributed by atoms with Gasteiger partial charge in [0.1, 0.15) is 29.0 Å². The van der Waals surface area contributed by atoms with Crippen LogP contribution in [0.3, 0.4) is 0 Å². The fourth-order valence-electron chi connectivity index (χ4n) is 4.49. The van der Waals surface area contributed by atoms with Crippen LogP contribution in [0.25, 0.3) is 16.6 Å². The Morgan fingerprint density at radius 1 is 1.26 bits per heavy atom. The second-order valence-electron chi connectivity index (χ2n) is 8.94. The van der Waals surface area contributed by atoms with Crippen molar-refractivity contribution in [1.29, 1.82) is 0 Å². The van der Waals surface area contributed by atoms with Gasteiger partial charge in [-0.2, -0.15) is 8.78 Å². The summed E-state index contributed by atoms with van der Waals surface area (Å²) >= 11 is 6.45. The molecule has 5 rings (SSSR count). The lowest BCUT2D eigenvalue weighted by Crippen LogP contribution is -2.20. The molecule has 0 spiro atoms. The van der Waals surface area contributed by atoms with E-state index in [-0.39, 0.29) is 17.2 Å². The van der Waals surface area contributed by atoms with Crippen molar-refractivity contribution < 1.29 is 23.7 Å². The van der Waals surface area contributed by atoms with Crippen molar-refractivity contribution in [3.05, 3.63) is 82.0 Å². The lowest BCUT2D eigenvalue weighted by atomic mass is 10.0. The number of allylic oxidation sites excluding steroid dienone is 2. The molecule has 2 N–H and O–H groups in total. The maximum atomic E-state index is 13.1. The Balaban J connectivity index is 1.61. The number of nitrogens with zero attached hydrogens (tertiary/aromatic N) is 3. The smallest absolute Gasteiger partial charge is 0.387 e. The molecule has 1 aromatic heterocycles. The van der Waals surface area contributed by atoms with E-state index in [1.165, 1.54) is 6.07 Å². The highest BCUT2D eigenvalue weighted by Gasteiger charge is 2.37. The summed E-state index contributed by atoms with van der Waals surface area (Å²) in [6.45, 7) is 0.264. The summed E-state index contributed by atoms with van der Waals surface area (Å²) in [5.74, 6) is 0.393. The zero-order valence-corrected chi connectivity index (χ0v) is 19.7. The molecule has 0 fully saturated rings. The van der Waals surface area contributed by atoms with Crippen LogP contribution in [-0.4, -0.2) is 38.2 Å². The monoisotopic (exact) mass is 497 g/mol. The number of rotatable bonds is 5. The first-order chi connectivity index (χ1) is 16.6. The summed E-state index contributed by atoms with van der Waals surface area (Å²) in [5, 5.41) is 21.3. The Kier molecular flexibility index (Phi) is 5.85. The minimum atomic E-state index is -3.01. The van der Waals surface area contributed by atoms with Crippen LogP contribution < -0.4 is 4.74 Å². The fourth-order valence-corrected chi connectivity index (χ4v) is 4.78. The Hall–Kier alpha value is -3.29. The molecule has 3 heterocycles. The molecule has 2 aromatic carbocycles. The van der Waals surface area contributed by atoms with E-state index >= 15 is 0 Å². The third-order valence-electron chi connectivity index (χ3n) is 6.06. The van der Waals surface area contributed by atoms with Crippen LogP contribution in [0.2, 0.25) is 5.02 Å². The van der Waals surface area contributed by atoms with Crippen LogP contribution >= 0.6 is 11.6 Å². The van der Waals surface area contributed by atoms with Gasteiger partial charge in [-0.25, -0.2) is 9.98 Å². The zero-order valence-electron chi connectivity index (χ0n) is 18.9. The molecule has 0 unspecified atom stereocenters. The maximum absolute atomic E-state index is 13.1. The van der Waals surface area contributed by atoms with E-state index in [0.29, 0.717) is 28.1 Å². The molecule has 2 aliphatic heterocycles. The predicted octanol–water partition coefficient (Wildman–Crippen LogP) is 5.60. The van der Waals surface area contributed by atoms with Crippen molar-refractivity contribution in [3.8, 4) is 5.75 Å². The van der Waals surface area contributed by atoms with Gasteiger partial charge in [-0.3, -0.25) is 0 Å². The van der Waals surface area contributed by atoms with Gasteiger partial charge in [0.15, 0.2) is 0 Å². The van der Waals surface area contributed by atoms with Gasteiger partial charge in [0.05, 0.1) is 17.1 Å². The summed E-state index contributed by atoms with van der Waals surface area (Å²) in [6, 6.07) is 9.65. The van der Waals surface area contributed by atoms with E-state index in [9.17, 15) is 19.0 Å². The minimum absolute atomic E-state index is 0.0375. The van der Waals surface area contributed by atoms with Crippen LogP contribution in [-0.2, 0) is 0 Å². The van der Waals surface area contributed by atoms with Gasteiger partial charge >= 0.3 is 6.61 Å². The number of aliphatic hydroxyl groups excluding tert-OH is 1. The van der Waals surface area contributed by atoms with Gasteiger partial charge in [-0.1, -0.05) is 29.5 Å². The van der Waals surface area contributed by atoms with Gasteiger partial charge < -0.3 is 19.5 Å². The SMILES string of the molecule is CC(C)(O)C1=C=CC=C(c2ccc3nc4n(c3c2)[C@@H](c2c(Cl)cccc2OC(F)F)C[C@H]4O)C=N1. The second kappa shape index (κ2) is 8.73. The molecule has 0 aliphatic carbocycles. The van der Waals surface area contributed by atoms with Gasteiger partial charge in [0.2, 0.25) is 0 Å². The molecule has 0 bridgehead atoms. The van der Waals surface area contributed by atoms with Crippen molar-refractivity contribution in [1.82, 2.24) is 9.55 Å². The summed E-state index contributed by atoms with van der Waals surface area (Å²) in [7, 11) is 0. The molecule has 0 amide bonds. The molecule has 2 aliphatic rings. The largest absolute Gasteiger partial charge is 0.434 e. The van der Waals surface area contributed by atoms with Crippen LogP contribution in [0.4, 0.5) is 8.78 Å². The van der Waals surface area contributed by atoms with Gasteiger partial charge in [-0.15, -0.1) is 0 Å². The Labute approximate surface area is 205 Å². The van der Waals surface area contributed by atoms with Crippen LogP contribution in [0.1, 0.15) is 49.4 Å². The van der Waals surface area contributed by atoms with Gasteiger partial charge in [0, 0.05) is 28.8 Å². The molecule has 0 saturated carbocycles. The number of aliphatic imine (C=N–C) groups is 1. The molecule has 3 aromatic rings. The number of halogens is 3. The van der Waals surface area contributed by atoms with Crippen molar-refractivity contribution >= 4 is 34.4 Å². The normalized spacial score (nSPS) is 19.7. The average molecular weight is 498 g/mol. The van der Waals surface area contributed by atoms with E-state index in [0.717, 1.165) is 11.1 Å². The number of aromatic nitrogens is 2. The summed E-state index contributed by atoms with van der Waals surface area (Å²) in [4.78, 5) is 8.97. The highest BCUT2D eigenvalue weighted by Crippen LogP contribution is 2.46. The number of hydrogen-bond acceptors (Lipinski definition) is 5. The van der Waals surface area contributed by atoms with Gasteiger partial charge in [0.25, 0.3) is 0 Å². The number of alkyl halides is 2. The Morgan fingerprint density at radius 2 is 2.06 bits per heavy atom. The number of hydrogen-bond donors (Lipinski definition) is 2. The number of ether oxygens (including phenoxy) is 1. The van der Waals surface area contributed by atoms with Crippen LogP contribution in [0.15, 0.2) is 65.0 Å². The molecule has 180 valence electrons. The third kappa shape index (κ3) is 4.30. The van der Waals surface area contributed by atoms with Crippen molar-refractivity contribution in [2.75, 3.05) is 0 Å². The fraction of sp³-hybridized carbons (Fsp3) is 0.269. The second-order valence-corrected chi connectivity index (χ2v) is 9.35. The van der Waals surface area contributed by atoms with Crippen LogP contribution in [0, 0.1) is 0 Å². The summed E-state index contributed by atoms with van der Waals surface area (Å²) in [5.41, 5.74) is 5.58. The summed E-state index contributed by atoms with van der Waals surface area (Å²) in [6.07, 6.45) is 4.51. The first-order valence-corrected chi connectivity index (χ1v) is 11.4. The van der Waals surface area contributed by atoms with Crippen molar-refractivity contribution in [2.45, 2.75) is 44.6 Å². The van der Waals surface area contributed by atoms with Gasteiger partial charge in [-0.05, 0) is 55.8 Å². The number of fused-ring (bicyclic) bond motifs is 3. The highest BCUT2D eigenvalue weighted by atomic mass is 35.5. The third-order valence-corrected chi connectivity index (χ3v) is 6.39. The lowest BCUT2D eigenvalue weighted by molar-refractivity contribution is -0.0507. The van der Waals surface area contributed by atoms with E-state index in [1.807, 2.05) is 28.8 Å². The molecule has 0 radical (unpaired) electrons. The molecule has 0 saturated heterocycles. The topological polar surface area (TPSA) is 79.9 Å². The molecule has 6 nitrogen and oxygen atoms in total. The van der Waals surface area contributed by atoms with E-state index in [4.69, 9.17) is 16.3 Å². The van der Waals surface area contributed by atoms with Crippen molar-refractivity contribution in [2.24, 2.45) is 4.99 Å². The van der Waals surface area contributed by atoms with Crippen molar-refractivity contribution in [3.63, 3.8) is 0 Å². The lowest BCUT2D eigenvalue weighted by Gasteiger charge is -2.20. The van der Waals surface area contributed by atoms with E-state index in [1.54, 1.807) is 38.3 Å². The van der Waals surface area contributed by atoms with Crippen LogP contribution in [0.5, 0.6) is 5.75 Å². The first-order valence-electron chi connectivity index (χ1n) is 11.0. The Morgan fingerprint density at radius 3 is 2.80 bits per heavy atom. The molecule has 2 atom stereocenters. The highest BCUT2D eigenvalue weighted by molar-refractivity contribution is 6.31. The summed E-state index contributed by atoms with van der Waals surface area (Å²) < 4.78 is 32.8. The molecular weight excluding hydrogens is 476 g/mol. The standard InChI is InChI=1S/C26H22ClF2N3O3/c1-26(2,34)22-8-3-5-15(13-30-22)14-9-10-17-18(11-14)32-19(12-20(33)24(32)31-17)23-16(27)6-4-7-21(23)35-25(28)29/h3-7,9-11,13,19-20,25,33-34H,12H2,1-2H3/t19-,20-/m1/s1. The molecule has 35 heavy (non-hydrogen) atoms. The molecular formula is C26H22ClF2N3O3. The average Bonchev–Trinajstić information content (AvgIpc) is 3.17. The van der Waals surface area contributed by atoms with E-state index in [2.05, 4.69) is 15.7 Å². The van der Waals surface area contributed by atoms with E-state index < -0.39 is 24.4 Å². The quantitative estimate of drug-likeness (QED) is 0.450. The first kappa shape index (κ1) is 23.5. The number of benzene rings is 2. The Bertz CT molecular complexity index is 1450. The minimum Gasteiger partial charge on any atom is -0.434 e. The molecule has 9 heteroatoms. The maximum Gasteiger partial charge on any atom is 0.387 e. The predicted molar refractivity (Wildman–Crippen MR) is 130 cm³/mol. The zero-order chi connectivity index (χ0) is 24.9. The number of aliphatic hydroxyl groups is 2.